The minimum Gasteiger partial charge on any atom is -0.503 e. The molecule has 1 atom stereocenters. The summed E-state index contributed by atoms with van der Waals surface area (Å²) in [5.41, 5.74) is 1.05. The lowest BCUT2D eigenvalue weighted by atomic mass is 9.97. The lowest BCUT2D eigenvalue weighted by molar-refractivity contribution is -0.192. The van der Waals surface area contributed by atoms with Crippen LogP contribution in [0.2, 0.25) is 0 Å². The second kappa shape index (κ2) is 10.4. The molecule has 1 aromatic carbocycles. The molecule has 2 aliphatic rings. The van der Waals surface area contributed by atoms with Crippen molar-refractivity contribution in [3.05, 3.63) is 47.2 Å². The van der Waals surface area contributed by atoms with E-state index in [2.05, 4.69) is 10.2 Å². The molecule has 1 aromatic rings. The van der Waals surface area contributed by atoms with E-state index in [9.17, 15) is 27.9 Å². The second-order valence-corrected chi connectivity index (χ2v) is 7.02. The van der Waals surface area contributed by atoms with Crippen molar-refractivity contribution in [2.45, 2.75) is 19.1 Å². The normalized spacial score (nSPS) is 19.8. The van der Waals surface area contributed by atoms with Gasteiger partial charge in [0.05, 0.1) is 11.6 Å². The van der Waals surface area contributed by atoms with E-state index < -0.39 is 29.9 Å². The number of carboxylic acid groups (broad SMARTS) is 1. The van der Waals surface area contributed by atoms with Gasteiger partial charge in [0.1, 0.15) is 0 Å². The number of halogens is 3. The number of Topliss-reactive ketones (excluding diaryl/α,β-unsaturated/α-hetero) is 1. The number of hydrogen-bond acceptors (Lipinski definition) is 6. The Hall–Kier alpha value is -2.92. The molecule has 0 aromatic heterocycles. The van der Waals surface area contributed by atoms with Crippen LogP contribution in [0.5, 0.6) is 0 Å². The van der Waals surface area contributed by atoms with Gasteiger partial charge >= 0.3 is 12.1 Å². The van der Waals surface area contributed by atoms with E-state index in [-0.39, 0.29) is 11.4 Å². The molecule has 1 unspecified atom stereocenters. The molecule has 0 radical (unpaired) electrons. The van der Waals surface area contributed by atoms with Gasteiger partial charge in [0.25, 0.3) is 5.91 Å². The highest BCUT2D eigenvalue weighted by atomic mass is 19.4. The zero-order valence-corrected chi connectivity index (χ0v) is 16.9. The Balaban J connectivity index is 0.000000423. The summed E-state index contributed by atoms with van der Waals surface area (Å²) in [6.07, 6.45) is -5.08. The molecule has 3 rings (SSSR count). The molecule has 3 N–H and O–H groups in total. The van der Waals surface area contributed by atoms with E-state index in [1.165, 1.54) is 6.92 Å². The quantitative estimate of drug-likeness (QED) is 0.633. The Labute approximate surface area is 176 Å². The molecule has 8 nitrogen and oxygen atoms in total. The Morgan fingerprint density at radius 1 is 1.13 bits per heavy atom. The summed E-state index contributed by atoms with van der Waals surface area (Å²) in [6.45, 7) is 6.38. The van der Waals surface area contributed by atoms with Crippen LogP contribution >= 0.6 is 0 Å². The van der Waals surface area contributed by atoms with E-state index in [0.717, 1.165) is 38.3 Å². The highest BCUT2D eigenvalue weighted by Crippen LogP contribution is 2.37. The van der Waals surface area contributed by atoms with Crippen LogP contribution in [0.1, 0.15) is 18.5 Å². The second-order valence-electron chi connectivity index (χ2n) is 7.02. The molecule has 0 bridgehead atoms. The van der Waals surface area contributed by atoms with Crippen molar-refractivity contribution in [3.63, 3.8) is 0 Å². The maximum Gasteiger partial charge on any atom is 0.490 e. The number of carbonyl (C=O) groups is 3. The van der Waals surface area contributed by atoms with Crippen molar-refractivity contribution < 1.29 is 37.8 Å². The first kappa shape index (κ1) is 24.4. The Morgan fingerprint density at radius 3 is 2.16 bits per heavy atom. The van der Waals surface area contributed by atoms with E-state index in [1.54, 1.807) is 4.90 Å². The van der Waals surface area contributed by atoms with Crippen LogP contribution < -0.4 is 5.32 Å². The predicted molar refractivity (Wildman–Crippen MR) is 104 cm³/mol. The van der Waals surface area contributed by atoms with Gasteiger partial charge in [-0.2, -0.15) is 13.2 Å². The summed E-state index contributed by atoms with van der Waals surface area (Å²) in [6, 6.07) is 8.92. The number of alkyl halides is 3. The van der Waals surface area contributed by atoms with Gasteiger partial charge in [-0.15, -0.1) is 0 Å². The summed E-state index contributed by atoms with van der Waals surface area (Å²) in [7, 11) is 0. The molecule has 0 aliphatic carbocycles. The fourth-order valence-electron chi connectivity index (χ4n) is 3.41. The number of piperazine rings is 1. The third-order valence-electron chi connectivity index (χ3n) is 4.91. The number of benzene rings is 1. The summed E-state index contributed by atoms with van der Waals surface area (Å²) in [4.78, 5) is 37.3. The Morgan fingerprint density at radius 2 is 1.68 bits per heavy atom. The smallest absolute Gasteiger partial charge is 0.490 e. The number of aliphatic carboxylic acids is 1. The molecule has 170 valence electrons. The third kappa shape index (κ3) is 6.28. The first-order chi connectivity index (χ1) is 14.5. The number of amides is 1. The zero-order chi connectivity index (χ0) is 23.2. The molecule has 31 heavy (non-hydrogen) atoms. The first-order valence-electron chi connectivity index (χ1n) is 9.57. The number of ketones is 1. The summed E-state index contributed by atoms with van der Waals surface area (Å²) >= 11 is 0. The molecule has 0 saturated carbocycles. The summed E-state index contributed by atoms with van der Waals surface area (Å²) in [5.74, 6) is -3.88. The van der Waals surface area contributed by atoms with E-state index in [0.29, 0.717) is 6.54 Å². The average molecular weight is 443 g/mol. The number of carbonyl (C=O) groups excluding carboxylic acids is 2. The number of nitrogens with one attached hydrogen (secondary N) is 1. The summed E-state index contributed by atoms with van der Waals surface area (Å²) < 4.78 is 31.7. The minimum absolute atomic E-state index is 0.200. The van der Waals surface area contributed by atoms with Crippen LogP contribution in [0, 0.1) is 0 Å². The fraction of sp³-hybridized carbons (Fsp3) is 0.450. The lowest BCUT2D eigenvalue weighted by Crippen LogP contribution is -2.47. The van der Waals surface area contributed by atoms with E-state index >= 15 is 0 Å². The molecule has 1 saturated heterocycles. The summed E-state index contributed by atoms with van der Waals surface area (Å²) in [5, 5.41) is 20.6. The van der Waals surface area contributed by atoms with Crippen LogP contribution in [0.4, 0.5) is 13.2 Å². The number of aliphatic hydroxyl groups is 1. The molecular formula is C20H24F3N3O5. The van der Waals surface area contributed by atoms with E-state index in [4.69, 9.17) is 9.90 Å². The number of carboxylic acids is 1. The minimum atomic E-state index is -5.08. The monoisotopic (exact) mass is 443 g/mol. The van der Waals surface area contributed by atoms with Crippen molar-refractivity contribution >= 4 is 17.7 Å². The van der Waals surface area contributed by atoms with Crippen molar-refractivity contribution in [2.24, 2.45) is 0 Å². The van der Waals surface area contributed by atoms with Gasteiger partial charge in [0.15, 0.2) is 11.5 Å². The highest BCUT2D eigenvalue weighted by molar-refractivity contribution is 6.08. The van der Waals surface area contributed by atoms with E-state index in [1.807, 2.05) is 30.3 Å². The maximum atomic E-state index is 12.5. The predicted octanol–water partition coefficient (Wildman–Crippen LogP) is 1.51. The van der Waals surface area contributed by atoms with Crippen molar-refractivity contribution in [1.82, 2.24) is 15.1 Å². The van der Waals surface area contributed by atoms with Gasteiger partial charge in [-0.25, -0.2) is 4.79 Å². The Bertz CT molecular complexity index is 836. The standard InChI is InChI=1S/C18H23N3O3.C2HF3O2/c1-13(22)15-16(14-5-3-2-4-6-14)21(18(24)17(15)23)12-11-20-9-7-19-8-10-20;3-2(4,5)1(6)7/h2-6,16,19,23H,7-12H2,1H3;(H,6,7). The highest BCUT2D eigenvalue weighted by Gasteiger charge is 2.42. The number of nitrogens with zero attached hydrogens (tertiary/aromatic N) is 2. The first-order valence-corrected chi connectivity index (χ1v) is 9.57. The van der Waals surface area contributed by atoms with Crippen LogP contribution in [0.25, 0.3) is 0 Å². The van der Waals surface area contributed by atoms with Gasteiger partial charge in [0.2, 0.25) is 0 Å². The van der Waals surface area contributed by atoms with Crippen molar-refractivity contribution in [2.75, 3.05) is 39.3 Å². The number of rotatable bonds is 5. The fourth-order valence-corrected chi connectivity index (χ4v) is 3.41. The Kier molecular flexibility index (Phi) is 8.17. The molecule has 1 amide bonds. The van der Waals surface area contributed by atoms with Crippen LogP contribution in [0.15, 0.2) is 41.7 Å². The molecule has 2 heterocycles. The molecule has 11 heteroatoms. The topological polar surface area (TPSA) is 110 Å². The SMILES string of the molecule is CC(=O)C1=C(O)C(=O)N(CCN2CCNCC2)C1c1ccccc1.O=C(O)C(F)(F)F. The van der Waals surface area contributed by atoms with Gasteiger partial charge in [-0.1, -0.05) is 30.3 Å². The van der Waals surface area contributed by atoms with Crippen LogP contribution in [0.3, 0.4) is 0 Å². The third-order valence-corrected chi connectivity index (χ3v) is 4.91. The number of aliphatic hydroxyl groups excluding tert-OH is 1. The lowest BCUT2D eigenvalue weighted by Gasteiger charge is -2.32. The van der Waals surface area contributed by atoms with Crippen LogP contribution in [-0.2, 0) is 14.4 Å². The number of hydrogen-bond donors (Lipinski definition) is 3. The maximum absolute atomic E-state index is 12.5. The average Bonchev–Trinajstić information content (AvgIpc) is 2.98. The molecule has 0 spiro atoms. The van der Waals surface area contributed by atoms with Crippen molar-refractivity contribution in [3.8, 4) is 0 Å². The van der Waals surface area contributed by atoms with Gasteiger partial charge in [0, 0.05) is 39.3 Å². The molecular weight excluding hydrogens is 419 g/mol. The zero-order valence-electron chi connectivity index (χ0n) is 16.9. The van der Waals surface area contributed by atoms with Gasteiger partial charge in [-0.05, 0) is 12.5 Å². The van der Waals surface area contributed by atoms with Gasteiger partial charge in [-0.3, -0.25) is 14.5 Å². The molecule has 1 fully saturated rings. The van der Waals surface area contributed by atoms with Crippen molar-refractivity contribution in [1.29, 1.82) is 0 Å². The van der Waals surface area contributed by atoms with Crippen LogP contribution in [-0.4, -0.2) is 83.1 Å². The largest absolute Gasteiger partial charge is 0.503 e. The van der Waals surface area contributed by atoms with Gasteiger partial charge < -0.3 is 20.4 Å². The molecule has 2 aliphatic heterocycles.